The fraction of sp³-hybridized carbons (Fsp3) is 0.600. The molecule has 3 N–H and O–H groups in total. The number of anilines is 1. The minimum atomic E-state index is -0.774. The van der Waals surface area contributed by atoms with Gasteiger partial charge in [-0.15, -0.1) is 0 Å². The van der Waals surface area contributed by atoms with Gasteiger partial charge in [-0.3, -0.25) is 10.3 Å². The van der Waals surface area contributed by atoms with E-state index in [1.807, 2.05) is 0 Å². The Balaban J connectivity index is 1.97. The average molecular weight is 410 g/mol. The van der Waals surface area contributed by atoms with E-state index >= 15 is 0 Å². The summed E-state index contributed by atoms with van der Waals surface area (Å²) in [5, 5.41) is 3.18. The van der Waals surface area contributed by atoms with E-state index in [9.17, 15) is 9.18 Å². The Morgan fingerprint density at radius 2 is 2.18 bits per heavy atom. The summed E-state index contributed by atoms with van der Waals surface area (Å²) in [6.07, 6.45) is 1.72. The van der Waals surface area contributed by atoms with Gasteiger partial charge in [0.2, 0.25) is 0 Å². The third-order valence-corrected chi connectivity index (χ3v) is 6.23. The van der Waals surface area contributed by atoms with Gasteiger partial charge in [-0.1, -0.05) is 11.8 Å². The molecule has 8 heteroatoms. The van der Waals surface area contributed by atoms with E-state index in [2.05, 4.69) is 5.32 Å². The molecule has 1 fully saturated rings. The molecule has 154 valence electrons. The first-order valence-corrected chi connectivity index (χ1v) is 10.4. The molecule has 1 aliphatic carbocycles. The molecule has 6 nitrogen and oxygen atoms in total. The summed E-state index contributed by atoms with van der Waals surface area (Å²) < 4.78 is 25.7. The summed E-state index contributed by atoms with van der Waals surface area (Å²) >= 11 is 1.45. The van der Waals surface area contributed by atoms with E-state index in [0.29, 0.717) is 28.6 Å². The number of carbonyl (C=O) groups excluding carboxylic acids is 1. The number of nitrogens with one attached hydrogen (secondary N) is 1. The van der Waals surface area contributed by atoms with Gasteiger partial charge >= 0.3 is 6.09 Å². The average Bonchev–Trinajstić information content (AvgIpc) is 2.61. The van der Waals surface area contributed by atoms with Crippen LogP contribution in [0.2, 0.25) is 0 Å². The Hall–Kier alpha value is -1.80. The van der Waals surface area contributed by atoms with Gasteiger partial charge in [-0.2, -0.15) is 0 Å². The monoisotopic (exact) mass is 409 g/mol. The fourth-order valence-electron chi connectivity index (χ4n) is 3.92. The zero-order chi connectivity index (χ0) is 20.5. The number of hydrogen-bond acceptors (Lipinski definition) is 6. The maximum absolute atomic E-state index is 14.8. The zero-order valence-corrected chi connectivity index (χ0v) is 17.6. The van der Waals surface area contributed by atoms with Gasteiger partial charge in [0.05, 0.1) is 11.6 Å². The number of halogens is 1. The maximum Gasteiger partial charge on any atom is 0.413 e. The summed E-state index contributed by atoms with van der Waals surface area (Å²) in [5.41, 5.74) is 5.55. The summed E-state index contributed by atoms with van der Waals surface area (Å²) in [6, 6.07) is 4.60. The topological polar surface area (TPSA) is 85.9 Å². The van der Waals surface area contributed by atoms with Gasteiger partial charge in [0.15, 0.2) is 5.17 Å². The zero-order valence-electron chi connectivity index (χ0n) is 16.8. The van der Waals surface area contributed by atoms with Crippen LogP contribution < -0.4 is 11.1 Å². The number of amidine groups is 1. The van der Waals surface area contributed by atoms with Crippen molar-refractivity contribution in [2.75, 3.05) is 18.6 Å². The van der Waals surface area contributed by atoms with E-state index in [4.69, 9.17) is 20.2 Å². The number of carbonyl (C=O) groups is 1. The summed E-state index contributed by atoms with van der Waals surface area (Å²) in [5.74, 6) is 0.446. The molecule has 1 heterocycles. The molecule has 0 saturated heterocycles. The van der Waals surface area contributed by atoms with E-state index in [-0.39, 0.29) is 17.8 Å². The van der Waals surface area contributed by atoms with Gasteiger partial charge in [-0.05, 0) is 58.2 Å². The molecule has 1 saturated carbocycles. The van der Waals surface area contributed by atoms with Crippen LogP contribution in [0.4, 0.5) is 14.9 Å². The van der Waals surface area contributed by atoms with Gasteiger partial charge in [0, 0.05) is 30.0 Å². The van der Waals surface area contributed by atoms with Gasteiger partial charge in [-0.25, -0.2) is 9.18 Å². The van der Waals surface area contributed by atoms with Crippen LogP contribution in [0.1, 0.15) is 45.6 Å². The molecule has 2 aliphatic rings. The van der Waals surface area contributed by atoms with Crippen LogP contribution in [0, 0.1) is 11.7 Å². The standard InChI is InChI=1S/C20H28FN3O3S/c1-19(2,3)27-18(25)23-17-24-20(15-10-13(22)5-6-16(15)21)8-7-14(26-4)9-12(20)11-28-17/h5-6,10,12,14H,7-9,11,22H2,1-4H3,(H,23,24,25)/t12-,14-,20?/m0/s1. The van der Waals surface area contributed by atoms with E-state index in [0.717, 1.165) is 12.8 Å². The largest absolute Gasteiger partial charge is 0.444 e. The third kappa shape index (κ3) is 4.43. The van der Waals surface area contributed by atoms with Crippen molar-refractivity contribution in [2.45, 2.75) is 57.3 Å². The summed E-state index contributed by atoms with van der Waals surface area (Å²) in [6.45, 7) is 5.40. The molecular weight excluding hydrogens is 381 g/mol. The van der Waals surface area contributed by atoms with Crippen molar-refractivity contribution in [3.63, 3.8) is 0 Å². The highest BCUT2D eigenvalue weighted by Crippen LogP contribution is 2.50. The van der Waals surface area contributed by atoms with Gasteiger partial charge < -0.3 is 15.2 Å². The lowest BCUT2D eigenvalue weighted by Crippen LogP contribution is -2.48. The number of rotatable bonds is 2. The normalized spacial score (nSPS) is 27.5. The summed E-state index contributed by atoms with van der Waals surface area (Å²) in [7, 11) is 1.70. The Kier molecular flexibility index (Phi) is 5.91. The van der Waals surface area contributed by atoms with Crippen molar-refractivity contribution in [1.29, 1.82) is 0 Å². The first-order chi connectivity index (χ1) is 13.1. The number of benzene rings is 1. The van der Waals surface area contributed by atoms with Crippen molar-refractivity contribution in [3.05, 3.63) is 29.6 Å². The number of hydrogen-bond donors (Lipinski definition) is 2. The second kappa shape index (κ2) is 7.91. The lowest BCUT2D eigenvalue weighted by molar-refractivity contribution is 0.0227. The SMILES string of the molecule is CO[C@H]1CCC2(c3cc(N)ccc3F)N=C(NC(=O)OC(C)(C)C)SC[C@@H]2C1. The highest BCUT2D eigenvalue weighted by molar-refractivity contribution is 8.13. The lowest BCUT2D eigenvalue weighted by atomic mass is 9.68. The molecule has 1 aromatic rings. The molecule has 0 bridgehead atoms. The van der Waals surface area contributed by atoms with Crippen molar-refractivity contribution >= 4 is 28.7 Å². The Morgan fingerprint density at radius 3 is 2.86 bits per heavy atom. The molecule has 3 atom stereocenters. The minimum Gasteiger partial charge on any atom is -0.444 e. The fourth-order valence-corrected chi connectivity index (χ4v) is 5.07. The lowest BCUT2D eigenvalue weighted by Gasteiger charge is -2.46. The first-order valence-electron chi connectivity index (χ1n) is 9.44. The smallest absolute Gasteiger partial charge is 0.413 e. The van der Waals surface area contributed by atoms with Crippen LogP contribution in [-0.4, -0.2) is 35.8 Å². The van der Waals surface area contributed by atoms with E-state index < -0.39 is 17.2 Å². The van der Waals surface area contributed by atoms with E-state index in [1.54, 1.807) is 40.0 Å². The number of ether oxygens (including phenoxy) is 2. The van der Waals surface area contributed by atoms with Crippen LogP contribution in [0.15, 0.2) is 23.2 Å². The number of nitrogens with zero attached hydrogens (tertiary/aromatic N) is 1. The second-order valence-electron chi connectivity index (χ2n) is 8.35. The van der Waals surface area contributed by atoms with Crippen LogP contribution in [0.25, 0.3) is 0 Å². The number of aliphatic imine (C=N–C) groups is 1. The number of alkyl carbamates (subject to hydrolysis) is 1. The molecule has 1 aliphatic heterocycles. The number of nitrogens with two attached hydrogens (primary N) is 1. The Labute approximate surface area is 169 Å². The summed E-state index contributed by atoms with van der Waals surface area (Å²) in [4.78, 5) is 17.1. The molecule has 1 aromatic carbocycles. The van der Waals surface area contributed by atoms with Crippen molar-refractivity contribution in [3.8, 4) is 0 Å². The van der Waals surface area contributed by atoms with Gasteiger partial charge in [0.25, 0.3) is 0 Å². The van der Waals surface area contributed by atoms with Crippen LogP contribution in [-0.2, 0) is 15.0 Å². The number of amides is 1. The second-order valence-corrected chi connectivity index (χ2v) is 9.36. The number of nitrogen functional groups attached to an aromatic ring is 1. The molecule has 0 radical (unpaired) electrons. The van der Waals surface area contributed by atoms with Gasteiger partial charge in [0.1, 0.15) is 11.4 Å². The predicted octanol–water partition coefficient (Wildman–Crippen LogP) is 4.05. The maximum atomic E-state index is 14.8. The Bertz CT molecular complexity index is 780. The molecular formula is C20H28FN3O3S. The van der Waals surface area contributed by atoms with Crippen molar-refractivity contribution < 1.29 is 18.7 Å². The molecule has 1 amide bonds. The molecule has 0 aromatic heterocycles. The highest BCUT2D eigenvalue weighted by atomic mass is 32.2. The molecule has 3 rings (SSSR count). The number of methoxy groups -OCH3 is 1. The van der Waals surface area contributed by atoms with Crippen LogP contribution >= 0.6 is 11.8 Å². The molecule has 28 heavy (non-hydrogen) atoms. The first kappa shape index (κ1) is 20.9. The molecule has 0 spiro atoms. The Morgan fingerprint density at radius 1 is 1.43 bits per heavy atom. The predicted molar refractivity (Wildman–Crippen MR) is 110 cm³/mol. The highest BCUT2D eigenvalue weighted by Gasteiger charge is 2.49. The molecule has 1 unspecified atom stereocenters. The quantitative estimate of drug-likeness (QED) is 0.720. The van der Waals surface area contributed by atoms with Crippen molar-refractivity contribution in [1.82, 2.24) is 5.32 Å². The van der Waals surface area contributed by atoms with Crippen LogP contribution in [0.3, 0.4) is 0 Å². The van der Waals surface area contributed by atoms with Crippen LogP contribution in [0.5, 0.6) is 0 Å². The van der Waals surface area contributed by atoms with E-state index in [1.165, 1.54) is 17.8 Å². The number of fused-ring (bicyclic) bond motifs is 1. The number of thioether (sulfide) groups is 1. The minimum absolute atomic E-state index is 0.0803. The van der Waals surface area contributed by atoms with Crippen molar-refractivity contribution in [2.24, 2.45) is 10.9 Å². The third-order valence-electron chi connectivity index (χ3n) is 5.19.